The van der Waals surface area contributed by atoms with Crippen molar-refractivity contribution in [3.8, 4) is 0 Å². The minimum Gasteiger partial charge on any atom is -0.392 e. The lowest BCUT2D eigenvalue weighted by Gasteiger charge is -2.14. The van der Waals surface area contributed by atoms with Gasteiger partial charge in [0.1, 0.15) is 0 Å². The zero-order valence-corrected chi connectivity index (χ0v) is 13.5. The molecule has 0 radical (unpaired) electrons. The maximum absolute atomic E-state index is 14.0. The van der Waals surface area contributed by atoms with Crippen molar-refractivity contribution in [2.45, 2.75) is 19.6 Å². The van der Waals surface area contributed by atoms with Crippen molar-refractivity contribution < 1.29 is 27.1 Å². The molecular weight excluding hydrogens is 357 g/mol. The van der Waals surface area contributed by atoms with Crippen LogP contribution in [0.25, 0.3) is 11.0 Å². The molecule has 0 aliphatic carbocycles. The van der Waals surface area contributed by atoms with Crippen LogP contribution in [0.1, 0.15) is 12.5 Å². The number of para-hydroxylation sites is 2. The predicted molar refractivity (Wildman–Crippen MR) is 85.2 cm³/mol. The molecule has 1 aromatic heterocycles. The molecular formula is C17H14F5N3O. The van der Waals surface area contributed by atoms with Crippen molar-refractivity contribution in [1.29, 1.82) is 0 Å². The van der Waals surface area contributed by atoms with Gasteiger partial charge in [0.25, 0.3) is 0 Å². The molecule has 0 bridgehead atoms. The number of nitrogens with zero attached hydrogens (tertiary/aromatic N) is 2. The largest absolute Gasteiger partial charge is 0.392 e. The Morgan fingerprint density at radius 2 is 1.58 bits per heavy atom. The van der Waals surface area contributed by atoms with Crippen molar-refractivity contribution in [1.82, 2.24) is 9.55 Å². The molecule has 3 rings (SSSR count). The number of anilines is 1. The monoisotopic (exact) mass is 371 g/mol. The Morgan fingerprint density at radius 3 is 2.19 bits per heavy atom. The van der Waals surface area contributed by atoms with Gasteiger partial charge in [-0.3, -0.25) is 0 Å². The summed E-state index contributed by atoms with van der Waals surface area (Å²) in [7, 11) is 0. The van der Waals surface area contributed by atoms with E-state index >= 15 is 0 Å². The smallest absolute Gasteiger partial charge is 0.204 e. The lowest BCUT2D eigenvalue weighted by molar-refractivity contribution is 0.208. The highest BCUT2D eigenvalue weighted by Crippen LogP contribution is 2.27. The summed E-state index contributed by atoms with van der Waals surface area (Å²) in [6.07, 6.45) is -0.738. The number of nitrogens with one attached hydrogen (secondary N) is 1. The average Bonchev–Trinajstić information content (AvgIpc) is 2.97. The van der Waals surface area contributed by atoms with Crippen LogP contribution in [0.3, 0.4) is 0 Å². The lowest BCUT2D eigenvalue weighted by atomic mass is 10.1. The zero-order valence-electron chi connectivity index (χ0n) is 13.5. The second-order valence-electron chi connectivity index (χ2n) is 5.79. The molecule has 0 fully saturated rings. The van der Waals surface area contributed by atoms with Crippen molar-refractivity contribution in [3.05, 3.63) is 58.9 Å². The highest BCUT2D eigenvalue weighted by Gasteiger charge is 2.26. The number of aliphatic hydroxyl groups excluding tert-OH is 1. The van der Waals surface area contributed by atoms with Crippen molar-refractivity contribution in [3.63, 3.8) is 0 Å². The maximum Gasteiger partial charge on any atom is 0.204 e. The first-order valence-electron chi connectivity index (χ1n) is 7.68. The quantitative estimate of drug-likeness (QED) is 0.410. The third-order valence-electron chi connectivity index (χ3n) is 3.83. The fourth-order valence-electron chi connectivity index (χ4n) is 2.56. The van der Waals surface area contributed by atoms with Crippen LogP contribution in [0.5, 0.6) is 0 Å². The van der Waals surface area contributed by atoms with Gasteiger partial charge in [0.05, 0.1) is 23.7 Å². The SMILES string of the molecule is CC(O)CNc1nc2ccccc2n1Cc1c(F)c(F)c(F)c(F)c1F. The molecule has 9 heteroatoms. The number of hydrogen-bond donors (Lipinski definition) is 2. The van der Waals surface area contributed by atoms with Crippen LogP contribution in [-0.2, 0) is 6.54 Å². The third kappa shape index (κ3) is 3.10. The van der Waals surface area contributed by atoms with Crippen LogP contribution in [-0.4, -0.2) is 27.3 Å². The molecule has 4 nitrogen and oxygen atoms in total. The number of rotatable bonds is 5. The van der Waals surface area contributed by atoms with Gasteiger partial charge in [0, 0.05) is 12.1 Å². The molecule has 2 N–H and O–H groups in total. The molecule has 1 heterocycles. The number of aliphatic hydroxyl groups is 1. The summed E-state index contributed by atoms with van der Waals surface area (Å²) in [5.74, 6) is -9.84. The minimum atomic E-state index is -2.20. The topological polar surface area (TPSA) is 50.1 Å². The molecule has 1 atom stereocenters. The van der Waals surface area contributed by atoms with Gasteiger partial charge in [0.2, 0.25) is 11.8 Å². The van der Waals surface area contributed by atoms with Gasteiger partial charge >= 0.3 is 0 Å². The summed E-state index contributed by atoms with van der Waals surface area (Å²) in [5.41, 5.74) is -0.0707. The number of imidazole rings is 1. The molecule has 2 aromatic carbocycles. The van der Waals surface area contributed by atoms with Crippen LogP contribution in [0, 0.1) is 29.1 Å². The van der Waals surface area contributed by atoms with E-state index in [-0.39, 0.29) is 12.5 Å². The van der Waals surface area contributed by atoms with Gasteiger partial charge in [-0.15, -0.1) is 0 Å². The van der Waals surface area contributed by atoms with Gasteiger partial charge in [-0.05, 0) is 19.1 Å². The van der Waals surface area contributed by atoms with Crippen LogP contribution < -0.4 is 5.32 Å². The van der Waals surface area contributed by atoms with E-state index in [1.165, 1.54) is 11.5 Å². The van der Waals surface area contributed by atoms with Crippen LogP contribution >= 0.6 is 0 Å². The molecule has 138 valence electrons. The van der Waals surface area contributed by atoms with Gasteiger partial charge in [-0.25, -0.2) is 26.9 Å². The molecule has 0 amide bonds. The molecule has 0 saturated carbocycles. The first-order chi connectivity index (χ1) is 12.3. The number of aromatic nitrogens is 2. The predicted octanol–water partition coefficient (Wildman–Crippen LogP) is 3.57. The number of hydrogen-bond acceptors (Lipinski definition) is 3. The summed E-state index contributed by atoms with van der Waals surface area (Å²) in [5, 5.41) is 12.2. The molecule has 0 aliphatic rings. The molecule has 1 unspecified atom stereocenters. The summed E-state index contributed by atoms with van der Waals surface area (Å²) < 4.78 is 69.5. The Balaban J connectivity index is 2.13. The van der Waals surface area contributed by atoms with Gasteiger partial charge in [-0.1, -0.05) is 12.1 Å². The Morgan fingerprint density at radius 1 is 1.00 bits per heavy atom. The summed E-state index contributed by atoms with van der Waals surface area (Å²) >= 11 is 0. The van der Waals surface area contributed by atoms with E-state index in [1.807, 2.05) is 0 Å². The second-order valence-corrected chi connectivity index (χ2v) is 5.79. The van der Waals surface area contributed by atoms with Crippen LogP contribution in [0.4, 0.5) is 27.9 Å². The van der Waals surface area contributed by atoms with Crippen LogP contribution in [0.15, 0.2) is 24.3 Å². The average molecular weight is 371 g/mol. The Kier molecular flexibility index (Phi) is 4.82. The zero-order chi connectivity index (χ0) is 19.0. The number of benzene rings is 2. The van der Waals surface area contributed by atoms with E-state index in [2.05, 4.69) is 10.3 Å². The molecule has 3 aromatic rings. The van der Waals surface area contributed by atoms with Gasteiger partial charge in [0.15, 0.2) is 23.3 Å². The van der Waals surface area contributed by atoms with E-state index in [0.29, 0.717) is 11.0 Å². The summed E-state index contributed by atoms with van der Waals surface area (Å²) in [6, 6.07) is 6.58. The van der Waals surface area contributed by atoms with Crippen LogP contribution in [0.2, 0.25) is 0 Å². The van der Waals surface area contributed by atoms with Crippen molar-refractivity contribution in [2.75, 3.05) is 11.9 Å². The summed E-state index contributed by atoms with van der Waals surface area (Å²) in [6.45, 7) is 0.971. The molecule has 0 aliphatic heterocycles. The Bertz CT molecular complexity index is 942. The number of fused-ring (bicyclic) bond motifs is 1. The Hall–Kier alpha value is -2.68. The highest BCUT2D eigenvalue weighted by atomic mass is 19.2. The highest BCUT2D eigenvalue weighted by molar-refractivity contribution is 5.78. The summed E-state index contributed by atoms with van der Waals surface area (Å²) in [4.78, 5) is 4.24. The number of halogens is 5. The van der Waals surface area contributed by atoms with E-state index in [9.17, 15) is 27.1 Å². The fourth-order valence-corrected chi connectivity index (χ4v) is 2.56. The standard InChI is InChI=1S/C17H14F5N3O/c1-8(26)6-23-17-24-10-4-2-3-5-11(10)25(17)7-9-12(18)14(20)16(22)15(21)13(9)19/h2-5,8,26H,6-7H2,1H3,(H,23,24). The van der Waals surface area contributed by atoms with Gasteiger partial charge < -0.3 is 15.0 Å². The van der Waals surface area contributed by atoms with E-state index in [1.54, 1.807) is 24.3 Å². The molecule has 26 heavy (non-hydrogen) atoms. The third-order valence-corrected chi connectivity index (χ3v) is 3.83. The molecule has 0 spiro atoms. The normalized spacial score (nSPS) is 12.6. The van der Waals surface area contributed by atoms with E-state index in [0.717, 1.165) is 0 Å². The van der Waals surface area contributed by atoms with E-state index < -0.39 is 47.3 Å². The van der Waals surface area contributed by atoms with E-state index in [4.69, 9.17) is 0 Å². The maximum atomic E-state index is 14.0. The second kappa shape index (κ2) is 6.91. The first-order valence-corrected chi connectivity index (χ1v) is 7.68. The Labute approximate surface area is 144 Å². The van der Waals surface area contributed by atoms with Gasteiger partial charge in [-0.2, -0.15) is 0 Å². The lowest BCUT2D eigenvalue weighted by Crippen LogP contribution is -2.19. The first kappa shape index (κ1) is 18.1. The van der Waals surface area contributed by atoms with Crippen molar-refractivity contribution >= 4 is 17.0 Å². The van der Waals surface area contributed by atoms with Crippen molar-refractivity contribution in [2.24, 2.45) is 0 Å². The molecule has 0 saturated heterocycles. The fraction of sp³-hybridized carbons (Fsp3) is 0.235. The minimum absolute atomic E-state index is 0.0838.